The Labute approximate surface area is 188 Å². The minimum absolute atomic E-state index is 0.00377. The number of rotatable bonds is 5. The van der Waals surface area contributed by atoms with Gasteiger partial charge in [0.2, 0.25) is 17.6 Å². The van der Waals surface area contributed by atoms with Gasteiger partial charge in [0.1, 0.15) is 0 Å². The highest BCUT2D eigenvalue weighted by Crippen LogP contribution is 2.27. The van der Waals surface area contributed by atoms with E-state index in [-0.39, 0.29) is 11.8 Å². The Morgan fingerprint density at radius 3 is 3.00 bits per heavy atom. The van der Waals surface area contributed by atoms with Gasteiger partial charge in [-0.1, -0.05) is 40.5 Å². The smallest absolute Gasteiger partial charge is 0.241 e. The van der Waals surface area contributed by atoms with Crippen LogP contribution in [0.5, 0.6) is 0 Å². The largest absolute Gasteiger partial charge is 0.338 e. The van der Waals surface area contributed by atoms with Crippen molar-refractivity contribution in [1.82, 2.24) is 15.0 Å². The number of aryl methyl sites for hydroxylation is 1. The van der Waals surface area contributed by atoms with Crippen LogP contribution in [0.4, 0.5) is 5.69 Å². The van der Waals surface area contributed by atoms with E-state index in [2.05, 4.69) is 36.3 Å². The molecule has 0 saturated carbocycles. The molecule has 0 spiro atoms. The lowest BCUT2D eigenvalue weighted by Crippen LogP contribution is -2.40. The van der Waals surface area contributed by atoms with Gasteiger partial charge in [0, 0.05) is 22.3 Å². The third-order valence-corrected chi connectivity index (χ3v) is 6.40. The maximum atomic E-state index is 12.7. The maximum Gasteiger partial charge on any atom is 0.241 e. The first kappa shape index (κ1) is 21.0. The van der Waals surface area contributed by atoms with Crippen molar-refractivity contribution in [3.8, 4) is 11.4 Å². The van der Waals surface area contributed by atoms with Gasteiger partial charge < -0.3 is 9.84 Å². The van der Waals surface area contributed by atoms with Crippen molar-refractivity contribution < 1.29 is 9.32 Å². The Kier molecular flexibility index (Phi) is 6.51. The molecule has 8 heteroatoms. The van der Waals surface area contributed by atoms with Crippen LogP contribution in [0, 0.1) is 12.8 Å². The lowest BCUT2D eigenvalue weighted by atomic mass is 9.97. The van der Waals surface area contributed by atoms with Gasteiger partial charge in [-0.2, -0.15) is 4.98 Å². The van der Waals surface area contributed by atoms with E-state index in [1.54, 1.807) is 6.07 Å². The van der Waals surface area contributed by atoms with Gasteiger partial charge >= 0.3 is 0 Å². The molecule has 0 aliphatic carbocycles. The molecule has 1 atom stereocenters. The number of aromatic nitrogens is 2. The van der Waals surface area contributed by atoms with Gasteiger partial charge in [-0.3, -0.25) is 9.69 Å². The third-order valence-electron chi connectivity index (χ3n) is 5.17. The van der Waals surface area contributed by atoms with E-state index < -0.39 is 0 Å². The van der Waals surface area contributed by atoms with Crippen LogP contribution in [0.2, 0.25) is 5.02 Å². The van der Waals surface area contributed by atoms with E-state index in [9.17, 15) is 4.79 Å². The number of likely N-dealkylation sites (tertiary alicyclic amines) is 1. The van der Waals surface area contributed by atoms with Crippen molar-refractivity contribution in [2.24, 2.45) is 5.92 Å². The molecule has 0 bridgehead atoms. The average molecular weight is 490 g/mol. The van der Waals surface area contributed by atoms with Crippen molar-refractivity contribution >= 4 is 39.1 Å². The molecule has 1 N–H and O–H groups in total. The van der Waals surface area contributed by atoms with Crippen LogP contribution in [0.3, 0.4) is 0 Å². The van der Waals surface area contributed by atoms with Crippen LogP contribution in [-0.4, -0.2) is 34.0 Å². The summed E-state index contributed by atoms with van der Waals surface area (Å²) in [6, 6.07) is 13.4. The zero-order chi connectivity index (χ0) is 21.1. The molecule has 6 nitrogen and oxygen atoms in total. The first-order valence-corrected chi connectivity index (χ1v) is 11.0. The van der Waals surface area contributed by atoms with Gasteiger partial charge in [0.15, 0.2) is 0 Å². The molecule has 156 valence electrons. The SMILES string of the molecule is Cc1cccc(-c2noc(CN3CCCC(C(=O)Nc4ccc(Br)c(Cl)c4)C3)n2)c1. The van der Waals surface area contributed by atoms with Crippen LogP contribution in [0.15, 0.2) is 51.5 Å². The van der Waals surface area contributed by atoms with Crippen molar-refractivity contribution in [1.29, 1.82) is 0 Å². The summed E-state index contributed by atoms with van der Waals surface area (Å²) in [7, 11) is 0. The summed E-state index contributed by atoms with van der Waals surface area (Å²) < 4.78 is 6.26. The quantitative estimate of drug-likeness (QED) is 0.526. The molecule has 4 rings (SSSR count). The van der Waals surface area contributed by atoms with E-state index in [4.69, 9.17) is 16.1 Å². The molecular weight excluding hydrogens is 468 g/mol. The van der Waals surface area contributed by atoms with Crippen LogP contribution >= 0.6 is 27.5 Å². The fraction of sp³-hybridized carbons (Fsp3) is 0.318. The Hall–Kier alpha value is -2.22. The standard InChI is InChI=1S/C22H22BrClN4O2/c1-14-4-2-5-15(10-14)21-26-20(30-27-21)13-28-9-3-6-16(12-28)22(29)25-17-7-8-18(23)19(24)11-17/h2,4-5,7-8,10-11,16H,3,6,9,12-13H2,1H3,(H,25,29). The monoisotopic (exact) mass is 488 g/mol. The summed E-state index contributed by atoms with van der Waals surface area (Å²) in [5.74, 6) is 1.06. The number of benzene rings is 2. The predicted octanol–water partition coefficient (Wildman–Crippen LogP) is 5.31. The number of nitrogens with one attached hydrogen (secondary N) is 1. The molecular formula is C22H22BrClN4O2. The number of anilines is 1. The molecule has 2 heterocycles. The van der Waals surface area contributed by atoms with Crippen LogP contribution in [-0.2, 0) is 11.3 Å². The second kappa shape index (κ2) is 9.29. The zero-order valence-electron chi connectivity index (χ0n) is 16.6. The van der Waals surface area contributed by atoms with Crippen molar-refractivity contribution in [2.75, 3.05) is 18.4 Å². The Morgan fingerprint density at radius 1 is 1.33 bits per heavy atom. The highest BCUT2D eigenvalue weighted by molar-refractivity contribution is 9.10. The van der Waals surface area contributed by atoms with Crippen molar-refractivity contribution in [2.45, 2.75) is 26.3 Å². The minimum atomic E-state index is -0.0969. The highest BCUT2D eigenvalue weighted by atomic mass is 79.9. The van der Waals surface area contributed by atoms with Crippen LogP contribution < -0.4 is 5.32 Å². The van der Waals surface area contributed by atoms with E-state index in [0.29, 0.717) is 35.5 Å². The number of hydrogen-bond acceptors (Lipinski definition) is 5. The molecule has 1 aromatic heterocycles. The summed E-state index contributed by atoms with van der Waals surface area (Å²) in [6.45, 7) is 4.12. The average Bonchev–Trinajstić information content (AvgIpc) is 3.19. The van der Waals surface area contributed by atoms with Gasteiger partial charge in [0.25, 0.3) is 0 Å². The Morgan fingerprint density at radius 2 is 2.20 bits per heavy atom. The van der Waals surface area contributed by atoms with Gasteiger partial charge in [-0.15, -0.1) is 0 Å². The van der Waals surface area contributed by atoms with E-state index >= 15 is 0 Å². The van der Waals surface area contributed by atoms with Crippen molar-refractivity contribution in [3.63, 3.8) is 0 Å². The molecule has 1 amide bonds. The maximum absolute atomic E-state index is 12.7. The summed E-state index contributed by atoms with van der Waals surface area (Å²) in [5, 5.41) is 7.65. The normalized spacial score (nSPS) is 17.1. The highest BCUT2D eigenvalue weighted by Gasteiger charge is 2.27. The topological polar surface area (TPSA) is 71.3 Å². The summed E-state index contributed by atoms with van der Waals surface area (Å²) in [6.07, 6.45) is 1.79. The summed E-state index contributed by atoms with van der Waals surface area (Å²) in [5.41, 5.74) is 2.79. The fourth-order valence-electron chi connectivity index (χ4n) is 3.64. The first-order valence-electron chi connectivity index (χ1n) is 9.86. The van der Waals surface area contributed by atoms with Crippen LogP contribution in [0.25, 0.3) is 11.4 Å². The van der Waals surface area contributed by atoms with E-state index in [1.807, 2.05) is 43.3 Å². The minimum Gasteiger partial charge on any atom is -0.338 e. The molecule has 1 aliphatic rings. The molecule has 1 aliphatic heterocycles. The van der Waals surface area contributed by atoms with E-state index in [1.165, 1.54) is 0 Å². The predicted molar refractivity (Wildman–Crippen MR) is 120 cm³/mol. The van der Waals surface area contributed by atoms with Crippen LogP contribution in [0.1, 0.15) is 24.3 Å². The molecule has 1 unspecified atom stereocenters. The summed E-state index contributed by atoms with van der Waals surface area (Å²) in [4.78, 5) is 19.5. The van der Waals surface area contributed by atoms with Gasteiger partial charge in [0.05, 0.1) is 17.5 Å². The summed E-state index contributed by atoms with van der Waals surface area (Å²) >= 11 is 9.48. The first-order chi connectivity index (χ1) is 14.5. The second-order valence-corrected chi connectivity index (χ2v) is 8.84. The number of piperidine rings is 1. The second-order valence-electron chi connectivity index (χ2n) is 7.57. The molecule has 2 aromatic carbocycles. The lowest BCUT2D eigenvalue weighted by molar-refractivity contribution is -0.121. The third kappa shape index (κ3) is 5.09. The number of halogens is 2. The molecule has 1 fully saturated rings. The number of hydrogen-bond donors (Lipinski definition) is 1. The molecule has 0 radical (unpaired) electrons. The van der Waals surface area contributed by atoms with Gasteiger partial charge in [-0.25, -0.2) is 0 Å². The Bertz CT molecular complexity index is 1060. The van der Waals surface area contributed by atoms with Gasteiger partial charge in [-0.05, 0) is 66.5 Å². The number of nitrogens with zero attached hydrogens (tertiary/aromatic N) is 3. The molecule has 1 saturated heterocycles. The zero-order valence-corrected chi connectivity index (χ0v) is 18.9. The molecule has 30 heavy (non-hydrogen) atoms. The van der Waals surface area contributed by atoms with E-state index in [0.717, 1.165) is 35.0 Å². The number of carbonyl (C=O) groups is 1. The fourth-order valence-corrected chi connectivity index (χ4v) is 4.07. The molecule has 3 aromatic rings. The Balaban J connectivity index is 1.37. The number of amides is 1. The lowest BCUT2D eigenvalue weighted by Gasteiger charge is -2.30. The van der Waals surface area contributed by atoms with Crippen molar-refractivity contribution in [3.05, 3.63) is 63.4 Å². The number of carbonyl (C=O) groups excluding carboxylic acids is 1.